The van der Waals surface area contributed by atoms with E-state index < -0.39 is 0 Å². The summed E-state index contributed by atoms with van der Waals surface area (Å²) in [5.74, 6) is 0.815. The molecule has 172 valence electrons. The van der Waals surface area contributed by atoms with E-state index >= 15 is 0 Å². The van der Waals surface area contributed by atoms with Crippen molar-refractivity contribution in [2.45, 2.75) is 65.2 Å². The second-order valence-corrected chi connectivity index (χ2v) is 9.03. The summed E-state index contributed by atoms with van der Waals surface area (Å²) in [6.07, 6.45) is 8.45. The van der Waals surface area contributed by atoms with Crippen LogP contribution in [0.2, 0.25) is 0 Å². The minimum atomic E-state index is -0.0844. The normalized spacial score (nSPS) is 18.1. The largest absolute Gasteiger partial charge is 0.382 e. The van der Waals surface area contributed by atoms with Gasteiger partial charge in [0.15, 0.2) is 0 Å². The standard InChI is InChI=1S/C25H39N3O3/c1-3-31-17-7-14-26-25(30)22-18-21(27-24(29)20-8-5-4-6-9-20)10-11-23(22)28-15-12-19(2)13-16-28/h10-11,18-20H,3-9,12-17H2,1-2H3,(H,26,30)(H,27,29). The maximum atomic E-state index is 13.1. The maximum absolute atomic E-state index is 13.1. The second kappa shape index (κ2) is 12.1. The van der Waals surface area contributed by atoms with Crippen LogP contribution in [-0.4, -0.2) is 44.7 Å². The number of nitrogens with zero attached hydrogens (tertiary/aromatic N) is 1. The molecule has 0 bridgehead atoms. The monoisotopic (exact) mass is 429 g/mol. The highest BCUT2D eigenvalue weighted by molar-refractivity contribution is 6.02. The zero-order valence-electron chi connectivity index (χ0n) is 19.3. The fraction of sp³-hybridized carbons (Fsp3) is 0.680. The molecule has 2 aliphatic rings. The second-order valence-electron chi connectivity index (χ2n) is 9.03. The van der Waals surface area contributed by atoms with E-state index in [1.807, 2.05) is 25.1 Å². The molecule has 2 N–H and O–H groups in total. The molecule has 1 aromatic carbocycles. The minimum absolute atomic E-state index is 0.0844. The van der Waals surface area contributed by atoms with Gasteiger partial charge >= 0.3 is 0 Å². The number of nitrogens with one attached hydrogen (secondary N) is 2. The van der Waals surface area contributed by atoms with Crippen LogP contribution in [0.25, 0.3) is 0 Å². The van der Waals surface area contributed by atoms with Gasteiger partial charge in [-0.3, -0.25) is 9.59 Å². The molecule has 2 amide bonds. The smallest absolute Gasteiger partial charge is 0.253 e. The van der Waals surface area contributed by atoms with Gasteiger partial charge in [-0.1, -0.05) is 26.2 Å². The molecule has 0 unspecified atom stereocenters. The van der Waals surface area contributed by atoms with Crippen molar-refractivity contribution in [1.82, 2.24) is 5.32 Å². The van der Waals surface area contributed by atoms with Crippen LogP contribution in [0.5, 0.6) is 0 Å². The van der Waals surface area contributed by atoms with E-state index in [9.17, 15) is 9.59 Å². The molecule has 1 saturated carbocycles. The average Bonchev–Trinajstić information content (AvgIpc) is 2.80. The molecule has 0 aromatic heterocycles. The van der Waals surface area contributed by atoms with E-state index in [0.717, 1.165) is 69.6 Å². The molecule has 0 spiro atoms. The molecule has 1 aliphatic heterocycles. The third-order valence-electron chi connectivity index (χ3n) is 6.56. The van der Waals surface area contributed by atoms with Crippen molar-refractivity contribution in [2.75, 3.05) is 43.1 Å². The number of carbonyl (C=O) groups is 2. The molecular weight excluding hydrogens is 390 g/mol. The van der Waals surface area contributed by atoms with Gasteiger partial charge in [0.25, 0.3) is 5.91 Å². The topological polar surface area (TPSA) is 70.7 Å². The third-order valence-corrected chi connectivity index (χ3v) is 6.56. The Hall–Kier alpha value is -2.08. The van der Waals surface area contributed by atoms with Gasteiger partial charge < -0.3 is 20.3 Å². The van der Waals surface area contributed by atoms with Crippen molar-refractivity contribution in [3.8, 4) is 0 Å². The fourth-order valence-electron chi connectivity index (χ4n) is 4.55. The lowest BCUT2D eigenvalue weighted by molar-refractivity contribution is -0.120. The Balaban J connectivity index is 1.71. The summed E-state index contributed by atoms with van der Waals surface area (Å²) < 4.78 is 5.36. The summed E-state index contributed by atoms with van der Waals surface area (Å²) in [6, 6.07) is 5.80. The predicted octanol–water partition coefficient (Wildman–Crippen LogP) is 4.60. The van der Waals surface area contributed by atoms with Crippen LogP contribution in [0.15, 0.2) is 18.2 Å². The highest BCUT2D eigenvalue weighted by atomic mass is 16.5. The van der Waals surface area contributed by atoms with Crippen molar-refractivity contribution in [1.29, 1.82) is 0 Å². The minimum Gasteiger partial charge on any atom is -0.382 e. The number of amides is 2. The average molecular weight is 430 g/mol. The molecule has 6 nitrogen and oxygen atoms in total. The zero-order chi connectivity index (χ0) is 22.1. The predicted molar refractivity (Wildman–Crippen MR) is 126 cm³/mol. The first-order valence-electron chi connectivity index (χ1n) is 12.1. The maximum Gasteiger partial charge on any atom is 0.253 e. The first-order valence-corrected chi connectivity index (χ1v) is 12.1. The van der Waals surface area contributed by atoms with Crippen LogP contribution in [0.1, 0.15) is 75.6 Å². The van der Waals surface area contributed by atoms with Crippen molar-refractivity contribution < 1.29 is 14.3 Å². The van der Waals surface area contributed by atoms with Crippen LogP contribution < -0.4 is 15.5 Å². The Morgan fingerprint density at radius 2 is 1.84 bits per heavy atom. The molecule has 31 heavy (non-hydrogen) atoms. The van der Waals surface area contributed by atoms with Crippen molar-refractivity contribution in [2.24, 2.45) is 11.8 Å². The number of hydrogen-bond donors (Lipinski definition) is 2. The number of hydrogen-bond acceptors (Lipinski definition) is 4. The van der Waals surface area contributed by atoms with Gasteiger partial charge in [0.2, 0.25) is 5.91 Å². The summed E-state index contributed by atoms with van der Waals surface area (Å²) in [4.78, 5) is 28.1. The van der Waals surface area contributed by atoms with Crippen LogP contribution in [0.4, 0.5) is 11.4 Å². The molecule has 1 heterocycles. The molecule has 0 radical (unpaired) electrons. The summed E-state index contributed by atoms with van der Waals surface area (Å²) in [6.45, 7) is 8.08. The number of anilines is 2. The van der Waals surface area contributed by atoms with E-state index in [4.69, 9.17) is 4.74 Å². The van der Waals surface area contributed by atoms with Gasteiger partial charge in [-0.15, -0.1) is 0 Å². The quantitative estimate of drug-likeness (QED) is 0.563. The van der Waals surface area contributed by atoms with Crippen LogP contribution in [0.3, 0.4) is 0 Å². The Bertz CT molecular complexity index is 723. The summed E-state index contributed by atoms with van der Waals surface area (Å²) in [5.41, 5.74) is 2.32. The molecule has 1 saturated heterocycles. The SMILES string of the molecule is CCOCCCNC(=O)c1cc(NC(=O)C2CCCCC2)ccc1N1CCC(C)CC1. The zero-order valence-corrected chi connectivity index (χ0v) is 19.3. The van der Waals surface area contributed by atoms with E-state index in [-0.39, 0.29) is 17.7 Å². The third kappa shape index (κ3) is 6.96. The fourth-order valence-corrected chi connectivity index (χ4v) is 4.55. The number of ether oxygens (including phenoxy) is 1. The van der Waals surface area contributed by atoms with Crippen molar-refractivity contribution >= 4 is 23.2 Å². The first kappa shape index (κ1) is 23.6. The number of carbonyl (C=O) groups excluding carboxylic acids is 2. The summed E-state index contributed by atoms with van der Waals surface area (Å²) in [5, 5.41) is 6.10. The molecule has 1 aliphatic carbocycles. The molecule has 1 aromatic rings. The Labute approximate surface area is 187 Å². The van der Waals surface area contributed by atoms with Gasteiger partial charge in [0.1, 0.15) is 0 Å². The Morgan fingerprint density at radius 1 is 1.10 bits per heavy atom. The van der Waals surface area contributed by atoms with Gasteiger partial charge in [0.05, 0.1) is 5.56 Å². The summed E-state index contributed by atoms with van der Waals surface area (Å²) in [7, 11) is 0. The van der Waals surface area contributed by atoms with Gasteiger partial charge in [-0.05, 0) is 63.1 Å². The molecule has 3 rings (SSSR count). The number of rotatable bonds is 9. The highest BCUT2D eigenvalue weighted by Gasteiger charge is 2.24. The molecule has 6 heteroatoms. The number of benzene rings is 1. The van der Waals surface area contributed by atoms with Crippen molar-refractivity contribution in [3.63, 3.8) is 0 Å². The molecular formula is C25H39N3O3. The molecule has 2 fully saturated rings. The van der Waals surface area contributed by atoms with E-state index in [2.05, 4.69) is 22.5 Å². The first-order chi connectivity index (χ1) is 15.1. The van der Waals surface area contributed by atoms with Crippen molar-refractivity contribution in [3.05, 3.63) is 23.8 Å². The molecule has 0 atom stereocenters. The van der Waals surface area contributed by atoms with Gasteiger partial charge in [-0.2, -0.15) is 0 Å². The lowest BCUT2D eigenvalue weighted by Gasteiger charge is -2.33. The van der Waals surface area contributed by atoms with Crippen LogP contribution in [0, 0.1) is 11.8 Å². The van der Waals surface area contributed by atoms with Gasteiger partial charge in [-0.25, -0.2) is 0 Å². The van der Waals surface area contributed by atoms with Crippen LogP contribution in [-0.2, 0) is 9.53 Å². The van der Waals surface area contributed by atoms with E-state index in [1.165, 1.54) is 6.42 Å². The summed E-state index contributed by atoms with van der Waals surface area (Å²) >= 11 is 0. The highest BCUT2D eigenvalue weighted by Crippen LogP contribution is 2.30. The van der Waals surface area contributed by atoms with E-state index in [0.29, 0.717) is 31.0 Å². The van der Waals surface area contributed by atoms with E-state index in [1.54, 1.807) is 0 Å². The van der Waals surface area contributed by atoms with Gasteiger partial charge in [0, 0.05) is 50.1 Å². The lowest BCUT2D eigenvalue weighted by atomic mass is 9.88. The Kier molecular flexibility index (Phi) is 9.19. The number of piperidine rings is 1. The lowest BCUT2D eigenvalue weighted by Crippen LogP contribution is -2.35. The van der Waals surface area contributed by atoms with Crippen LogP contribution >= 0.6 is 0 Å². The Morgan fingerprint density at radius 3 is 2.55 bits per heavy atom.